The first-order chi connectivity index (χ1) is 19.6. The van der Waals surface area contributed by atoms with Crippen LogP contribution < -0.4 is 16.7 Å². The lowest BCUT2D eigenvalue weighted by atomic mass is 10.1. The van der Waals surface area contributed by atoms with Gasteiger partial charge in [0.1, 0.15) is 30.5 Å². The van der Waals surface area contributed by atoms with Crippen LogP contribution >= 0.6 is 0 Å². The van der Waals surface area contributed by atoms with Gasteiger partial charge >= 0.3 is 5.69 Å². The summed E-state index contributed by atoms with van der Waals surface area (Å²) in [6.07, 6.45) is -2.03. The summed E-state index contributed by atoms with van der Waals surface area (Å²) in [5.74, 6) is 0. The molecular formula is C27H44N6O8Si2. The summed E-state index contributed by atoms with van der Waals surface area (Å²) < 4.78 is 21.5. The first kappa shape index (κ1) is 34.3. The minimum absolute atomic E-state index is 0.0918. The number of nitrogens with one attached hydrogen (secondary N) is 2. The van der Waals surface area contributed by atoms with Gasteiger partial charge in [-0.15, -0.1) is 5.43 Å². The first-order valence-electron chi connectivity index (χ1n) is 14.1. The number of ether oxygens (including phenoxy) is 1. The molecule has 1 aliphatic rings. The predicted molar refractivity (Wildman–Crippen MR) is 167 cm³/mol. The van der Waals surface area contributed by atoms with Crippen molar-refractivity contribution in [3.63, 3.8) is 0 Å². The van der Waals surface area contributed by atoms with Crippen LogP contribution in [-0.2, 0) is 13.6 Å². The molecule has 0 amide bonds. The van der Waals surface area contributed by atoms with Crippen LogP contribution in [-0.4, -0.2) is 60.8 Å². The van der Waals surface area contributed by atoms with Crippen molar-refractivity contribution in [1.29, 1.82) is 0 Å². The quantitative estimate of drug-likeness (QED) is 0.118. The van der Waals surface area contributed by atoms with Crippen LogP contribution in [0, 0.1) is 15.3 Å². The number of nitro benzene ring substituents is 1. The van der Waals surface area contributed by atoms with Crippen LogP contribution in [0.2, 0.25) is 36.3 Å². The van der Waals surface area contributed by atoms with E-state index in [4.69, 9.17) is 13.6 Å². The number of hydrogen-bond donors (Lipinski definition) is 2. The molecule has 0 aliphatic carbocycles. The summed E-state index contributed by atoms with van der Waals surface area (Å²) in [4.78, 5) is 37.9. The summed E-state index contributed by atoms with van der Waals surface area (Å²) in [5, 5.41) is 27.5. The fourth-order valence-electron chi connectivity index (χ4n) is 3.97. The van der Waals surface area contributed by atoms with Gasteiger partial charge in [0, 0.05) is 24.4 Å². The highest BCUT2D eigenvalue weighted by molar-refractivity contribution is 6.74. The van der Waals surface area contributed by atoms with E-state index in [1.807, 2.05) is 0 Å². The molecule has 1 aromatic heterocycles. The summed E-state index contributed by atoms with van der Waals surface area (Å²) in [6.45, 7) is 20.7. The summed E-state index contributed by atoms with van der Waals surface area (Å²) in [5.41, 5.74) is 1.68. The Hall–Kier alpha value is -3.19. The van der Waals surface area contributed by atoms with Gasteiger partial charge in [0.15, 0.2) is 22.9 Å². The molecule has 2 aromatic rings. The summed E-state index contributed by atoms with van der Waals surface area (Å²) in [6, 6.07) is 6.70. The van der Waals surface area contributed by atoms with E-state index in [-0.39, 0.29) is 22.3 Å². The summed E-state index contributed by atoms with van der Waals surface area (Å²) in [7, 11) is -4.96. The Morgan fingerprint density at radius 2 is 1.49 bits per heavy atom. The number of nitrogens with zero attached hydrogens (tertiary/aromatic N) is 4. The van der Waals surface area contributed by atoms with Crippen molar-refractivity contribution in [2.75, 3.05) is 12.0 Å². The molecule has 16 heteroatoms. The molecule has 4 atom stereocenters. The highest BCUT2D eigenvalue weighted by Gasteiger charge is 2.55. The molecule has 1 aromatic carbocycles. The average molecular weight is 637 g/mol. The minimum Gasteiger partial charge on any atom is -0.696 e. The van der Waals surface area contributed by atoms with Crippen LogP contribution in [0.5, 0.6) is 0 Å². The topological polar surface area (TPSA) is 176 Å². The zero-order valence-electron chi connectivity index (χ0n) is 26.5. The van der Waals surface area contributed by atoms with Crippen molar-refractivity contribution in [1.82, 2.24) is 9.55 Å². The van der Waals surface area contributed by atoms with Crippen molar-refractivity contribution < 1.29 is 23.4 Å². The van der Waals surface area contributed by atoms with Crippen LogP contribution in [0.4, 0.5) is 11.4 Å². The number of benzene rings is 1. The van der Waals surface area contributed by atoms with Crippen molar-refractivity contribution in [2.24, 2.45) is 5.22 Å². The molecule has 14 nitrogen and oxygen atoms in total. The number of nitro groups is 1. The van der Waals surface area contributed by atoms with E-state index in [0.29, 0.717) is 10.5 Å². The molecular weight excluding hydrogens is 593 g/mol. The molecule has 1 fully saturated rings. The predicted octanol–water partition coefficient (Wildman–Crippen LogP) is 5.11. The second-order valence-corrected chi connectivity index (χ2v) is 23.3. The van der Waals surface area contributed by atoms with Gasteiger partial charge < -0.3 is 18.8 Å². The zero-order chi connectivity index (χ0) is 32.5. The standard InChI is InChI=1S/C27H44N6O8Si2/c1-26(2,3)42(7,8)40-22-20(17-32(36)30-29-18-11-13-19(14-12-18)33(37)38)39-24(31-16-15-21(34)28-25(31)35)23(22)41-43(9,10)27(4,5)6/h11-16,20,22-24,29H,17H2,1-10H3,(H,28,34,35)/b32-30+. The number of anilines is 1. The number of aromatic amines is 1. The monoisotopic (exact) mass is 636 g/mol. The number of non-ortho nitro benzene ring substituents is 1. The Morgan fingerprint density at radius 1 is 0.953 bits per heavy atom. The lowest BCUT2D eigenvalue weighted by Crippen LogP contribution is -2.54. The normalized spacial score (nSPS) is 22.0. The van der Waals surface area contributed by atoms with Gasteiger partial charge in [0.25, 0.3) is 11.2 Å². The highest BCUT2D eigenvalue weighted by atomic mass is 28.4. The van der Waals surface area contributed by atoms with Crippen molar-refractivity contribution in [3.05, 3.63) is 72.7 Å². The fraction of sp³-hybridized carbons (Fsp3) is 0.630. The third kappa shape index (κ3) is 8.05. The molecule has 0 spiro atoms. The van der Waals surface area contributed by atoms with Gasteiger partial charge in [-0.3, -0.25) is 24.5 Å². The smallest absolute Gasteiger partial charge is 0.330 e. The van der Waals surface area contributed by atoms with E-state index in [0.717, 1.165) is 0 Å². The van der Waals surface area contributed by atoms with E-state index in [1.54, 1.807) is 0 Å². The second-order valence-electron chi connectivity index (χ2n) is 13.8. The molecule has 238 valence electrons. The molecule has 1 saturated heterocycles. The molecule has 4 unspecified atom stereocenters. The Balaban J connectivity index is 2.04. The molecule has 0 bridgehead atoms. The Morgan fingerprint density at radius 3 is 1.98 bits per heavy atom. The molecule has 2 N–H and O–H groups in total. The van der Waals surface area contributed by atoms with Gasteiger partial charge in [-0.2, -0.15) is 4.86 Å². The van der Waals surface area contributed by atoms with Gasteiger partial charge in [0.2, 0.25) is 0 Å². The number of rotatable bonds is 10. The third-order valence-electron chi connectivity index (χ3n) is 8.59. The fourth-order valence-corrected chi connectivity index (χ4v) is 6.58. The number of aromatic nitrogens is 2. The van der Waals surface area contributed by atoms with Crippen molar-refractivity contribution in [3.8, 4) is 0 Å². The van der Waals surface area contributed by atoms with E-state index < -0.39 is 57.3 Å². The maximum atomic E-state index is 13.1. The van der Waals surface area contributed by atoms with E-state index >= 15 is 0 Å². The number of hydroxylamine groups is 1. The van der Waals surface area contributed by atoms with Crippen LogP contribution in [0.3, 0.4) is 0 Å². The highest BCUT2D eigenvalue weighted by Crippen LogP contribution is 2.45. The van der Waals surface area contributed by atoms with Gasteiger partial charge in [-0.1, -0.05) is 41.5 Å². The van der Waals surface area contributed by atoms with E-state index in [9.17, 15) is 24.9 Å². The maximum absolute atomic E-state index is 13.1. The molecule has 3 rings (SSSR count). The Kier molecular flexibility index (Phi) is 9.92. The van der Waals surface area contributed by atoms with Crippen LogP contribution in [0.25, 0.3) is 0 Å². The second kappa shape index (κ2) is 12.4. The third-order valence-corrected chi connectivity index (χ3v) is 17.5. The molecule has 0 saturated carbocycles. The van der Waals surface area contributed by atoms with Crippen LogP contribution in [0.1, 0.15) is 47.8 Å². The molecule has 43 heavy (non-hydrogen) atoms. The lowest BCUT2D eigenvalue weighted by Gasteiger charge is -2.44. The summed E-state index contributed by atoms with van der Waals surface area (Å²) >= 11 is 0. The molecule has 2 heterocycles. The van der Waals surface area contributed by atoms with Crippen molar-refractivity contribution in [2.45, 2.75) is 102 Å². The Bertz CT molecular complexity index is 1440. The van der Waals surface area contributed by atoms with Crippen LogP contribution in [0.15, 0.2) is 51.3 Å². The number of hydrogen-bond acceptors (Lipinski definition) is 9. The number of H-pyrrole nitrogens is 1. The first-order valence-corrected chi connectivity index (χ1v) is 19.9. The molecule has 0 radical (unpaired) electrons. The molecule has 1 aliphatic heterocycles. The van der Waals surface area contributed by atoms with Gasteiger partial charge in [-0.05, 0) is 48.4 Å². The Labute approximate surface area is 253 Å². The lowest BCUT2D eigenvalue weighted by molar-refractivity contribution is -0.538. The van der Waals surface area contributed by atoms with Gasteiger partial charge in [0.05, 0.1) is 10.1 Å². The maximum Gasteiger partial charge on any atom is 0.330 e. The van der Waals surface area contributed by atoms with E-state index in [1.165, 1.54) is 41.1 Å². The average Bonchev–Trinajstić information content (AvgIpc) is 3.16. The minimum atomic E-state index is -2.48. The van der Waals surface area contributed by atoms with Gasteiger partial charge in [-0.25, -0.2) is 4.79 Å². The largest absolute Gasteiger partial charge is 0.696 e. The SMILES string of the molecule is CC(C)(C)[Si](C)(C)OC1C(C/[N+]([O-])=N\Nc2ccc([N+](=O)[O-])cc2)OC(n2ccc(=O)[nH]c2=O)C1O[Si](C)(C)C(C)(C)C. The zero-order valence-corrected chi connectivity index (χ0v) is 28.5. The van der Waals surface area contributed by atoms with E-state index in [2.05, 4.69) is 83.4 Å². The van der Waals surface area contributed by atoms with Crippen molar-refractivity contribution >= 4 is 28.0 Å².